The molecule has 206 valence electrons. The number of benzene rings is 3. The number of rotatable bonds is 12. The van der Waals surface area contributed by atoms with E-state index in [1.54, 1.807) is 0 Å². The number of ether oxygens (including phenoxy) is 5. The Hall–Kier alpha value is -3.80. The van der Waals surface area contributed by atoms with E-state index in [0.29, 0.717) is 33.0 Å². The molecule has 0 radical (unpaired) electrons. The summed E-state index contributed by atoms with van der Waals surface area (Å²) in [6.45, 7) is 14.0. The highest BCUT2D eigenvalue weighted by molar-refractivity contribution is 6.06. The normalized spacial score (nSPS) is 12.1. The SMILES string of the molecule is CCCOc1ccc2c(c1)c(-c1ccc(OCC)c(OCC)c1)c1n2CCc2cc(OCC)c(OCC)cc2-1. The number of fused-ring (bicyclic) bond motifs is 5. The van der Waals surface area contributed by atoms with Gasteiger partial charge >= 0.3 is 0 Å². The molecule has 2 heterocycles. The molecule has 1 aromatic heterocycles. The lowest BCUT2D eigenvalue weighted by Gasteiger charge is -2.24. The summed E-state index contributed by atoms with van der Waals surface area (Å²) in [6, 6.07) is 17.0. The van der Waals surface area contributed by atoms with Crippen LogP contribution in [0.2, 0.25) is 0 Å². The minimum atomic E-state index is 0.563. The van der Waals surface area contributed by atoms with Gasteiger partial charge in [0, 0.05) is 28.6 Å². The van der Waals surface area contributed by atoms with E-state index in [1.165, 1.54) is 22.3 Å². The molecule has 1 aliphatic heterocycles. The Bertz CT molecular complexity index is 1450. The molecule has 1 aliphatic rings. The van der Waals surface area contributed by atoms with Crippen LogP contribution in [0, 0.1) is 0 Å². The lowest BCUT2D eigenvalue weighted by molar-refractivity contribution is 0.287. The van der Waals surface area contributed by atoms with Gasteiger partial charge in [-0.2, -0.15) is 0 Å². The van der Waals surface area contributed by atoms with Crippen LogP contribution in [-0.4, -0.2) is 37.6 Å². The Labute approximate surface area is 231 Å². The third-order valence-corrected chi connectivity index (χ3v) is 6.97. The van der Waals surface area contributed by atoms with Crippen LogP contribution < -0.4 is 23.7 Å². The third kappa shape index (κ3) is 5.12. The van der Waals surface area contributed by atoms with Gasteiger partial charge in [-0.05, 0) is 94.1 Å². The van der Waals surface area contributed by atoms with Crippen molar-refractivity contribution in [2.75, 3.05) is 33.0 Å². The molecule has 0 unspecified atom stereocenters. The molecule has 0 spiro atoms. The Morgan fingerprint density at radius 2 is 1.33 bits per heavy atom. The molecule has 0 aliphatic carbocycles. The summed E-state index contributed by atoms with van der Waals surface area (Å²) in [5.74, 6) is 3.97. The quantitative estimate of drug-likeness (QED) is 0.187. The molecular weight excluding hydrogens is 490 g/mol. The fraction of sp³-hybridized carbons (Fsp3) is 0.394. The zero-order valence-corrected chi connectivity index (χ0v) is 23.8. The molecule has 0 N–H and O–H groups in total. The molecule has 39 heavy (non-hydrogen) atoms. The first-order chi connectivity index (χ1) is 19.1. The van der Waals surface area contributed by atoms with Crippen LogP contribution in [0.4, 0.5) is 0 Å². The summed E-state index contributed by atoms with van der Waals surface area (Å²) in [7, 11) is 0. The van der Waals surface area contributed by atoms with Gasteiger partial charge in [0.15, 0.2) is 23.0 Å². The van der Waals surface area contributed by atoms with Gasteiger partial charge in [0.1, 0.15) is 5.75 Å². The van der Waals surface area contributed by atoms with E-state index < -0.39 is 0 Å². The summed E-state index contributed by atoms with van der Waals surface area (Å²) in [5, 5.41) is 1.16. The van der Waals surface area contributed by atoms with Crippen molar-refractivity contribution in [1.29, 1.82) is 0 Å². The fourth-order valence-corrected chi connectivity index (χ4v) is 5.45. The van der Waals surface area contributed by atoms with Crippen LogP contribution in [0.1, 0.15) is 46.6 Å². The standard InChI is InChI=1S/C33H39NO5/c1-6-17-39-24-12-13-27-26(20-24)32(23-11-14-28(35-7-2)29(19-23)36-8-3)33-25-21-31(38-10-5)30(37-9-4)18-22(25)15-16-34(27)33/h11-14,18-21H,6-10,15-17H2,1-5H3. The molecule has 0 saturated heterocycles. The van der Waals surface area contributed by atoms with E-state index in [-0.39, 0.29) is 0 Å². The maximum absolute atomic E-state index is 6.07. The Kier molecular flexibility index (Phi) is 8.20. The van der Waals surface area contributed by atoms with Gasteiger partial charge in [-0.3, -0.25) is 0 Å². The molecule has 5 rings (SSSR count). The zero-order chi connectivity index (χ0) is 27.4. The molecule has 4 aromatic rings. The van der Waals surface area contributed by atoms with Crippen LogP contribution in [0.3, 0.4) is 0 Å². The van der Waals surface area contributed by atoms with Gasteiger partial charge in [0.2, 0.25) is 0 Å². The van der Waals surface area contributed by atoms with Crippen molar-refractivity contribution in [2.24, 2.45) is 0 Å². The van der Waals surface area contributed by atoms with Crippen molar-refractivity contribution in [3.8, 4) is 51.1 Å². The van der Waals surface area contributed by atoms with Crippen LogP contribution in [0.15, 0.2) is 48.5 Å². The second-order valence-corrected chi connectivity index (χ2v) is 9.50. The molecule has 0 fully saturated rings. The summed E-state index contributed by atoms with van der Waals surface area (Å²) < 4.78 is 32.4. The number of aryl methyl sites for hydroxylation is 2. The van der Waals surface area contributed by atoms with Crippen molar-refractivity contribution in [1.82, 2.24) is 4.57 Å². The van der Waals surface area contributed by atoms with Gasteiger partial charge in [0.05, 0.1) is 38.7 Å². The zero-order valence-electron chi connectivity index (χ0n) is 23.8. The Balaban J connectivity index is 1.79. The van der Waals surface area contributed by atoms with E-state index >= 15 is 0 Å². The van der Waals surface area contributed by atoms with Gasteiger partial charge in [-0.25, -0.2) is 0 Å². The van der Waals surface area contributed by atoms with E-state index in [1.807, 2.05) is 33.8 Å². The van der Waals surface area contributed by atoms with Crippen LogP contribution in [0.5, 0.6) is 28.7 Å². The van der Waals surface area contributed by atoms with Gasteiger partial charge < -0.3 is 28.3 Å². The minimum Gasteiger partial charge on any atom is -0.494 e. The van der Waals surface area contributed by atoms with E-state index in [2.05, 4.69) is 54.0 Å². The predicted molar refractivity (Wildman–Crippen MR) is 157 cm³/mol. The molecule has 6 heteroatoms. The number of nitrogens with zero attached hydrogens (tertiary/aromatic N) is 1. The first-order valence-corrected chi connectivity index (χ1v) is 14.2. The summed E-state index contributed by atoms with van der Waals surface area (Å²) in [4.78, 5) is 0. The van der Waals surface area contributed by atoms with Crippen LogP contribution in [-0.2, 0) is 13.0 Å². The van der Waals surface area contributed by atoms with E-state index in [4.69, 9.17) is 23.7 Å². The second kappa shape index (κ2) is 11.9. The fourth-order valence-electron chi connectivity index (χ4n) is 5.45. The summed E-state index contributed by atoms with van der Waals surface area (Å²) in [6.07, 6.45) is 1.88. The topological polar surface area (TPSA) is 51.1 Å². The predicted octanol–water partition coefficient (Wildman–Crippen LogP) is 7.92. The molecule has 0 atom stereocenters. The molecule has 0 amide bonds. The van der Waals surface area contributed by atoms with Gasteiger partial charge in [0.25, 0.3) is 0 Å². The smallest absolute Gasteiger partial charge is 0.161 e. The lowest BCUT2D eigenvalue weighted by atomic mass is 9.92. The summed E-state index contributed by atoms with van der Waals surface area (Å²) >= 11 is 0. The molecule has 6 nitrogen and oxygen atoms in total. The summed E-state index contributed by atoms with van der Waals surface area (Å²) in [5.41, 5.74) is 7.03. The number of hydrogen-bond acceptors (Lipinski definition) is 5. The monoisotopic (exact) mass is 529 g/mol. The highest BCUT2D eigenvalue weighted by Gasteiger charge is 2.28. The molecule has 3 aromatic carbocycles. The first kappa shape index (κ1) is 26.8. The average molecular weight is 530 g/mol. The minimum absolute atomic E-state index is 0.563. The lowest BCUT2D eigenvalue weighted by Crippen LogP contribution is -2.12. The molecule has 0 saturated carbocycles. The average Bonchev–Trinajstić information content (AvgIpc) is 3.28. The first-order valence-electron chi connectivity index (χ1n) is 14.2. The Morgan fingerprint density at radius 3 is 2.03 bits per heavy atom. The van der Waals surface area contributed by atoms with Crippen molar-refractivity contribution >= 4 is 10.9 Å². The highest BCUT2D eigenvalue weighted by Crippen LogP contribution is 2.49. The maximum atomic E-state index is 6.07. The number of hydrogen-bond donors (Lipinski definition) is 0. The van der Waals surface area contributed by atoms with Crippen molar-refractivity contribution in [3.63, 3.8) is 0 Å². The second-order valence-electron chi connectivity index (χ2n) is 9.50. The van der Waals surface area contributed by atoms with Crippen LogP contribution >= 0.6 is 0 Å². The van der Waals surface area contributed by atoms with Gasteiger partial charge in [-0.15, -0.1) is 0 Å². The Morgan fingerprint density at radius 1 is 0.667 bits per heavy atom. The van der Waals surface area contributed by atoms with E-state index in [0.717, 1.165) is 64.6 Å². The van der Waals surface area contributed by atoms with Gasteiger partial charge in [-0.1, -0.05) is 13.0 Å². The number of aromatic nitrogens is 1. The van der Waals surface area contributed by atoms with Crippen LogP contribution in [0.25, 0.3) is 33.3 Å². The highest BCUT2D eigenvalue weighted by atomic mass is 16.5. The van der Waals surface area contributed by atoms with Crippen molar-refractivity contribution < 1.29 is 23.7 Å². The molecule has 0 bridgehead atoms. The maximum Gasteiger partial charge on any atom is 0.161 e. The van der Waals surface area contributed by atoms with Crippen molar-refractivity contribution in [2.45, 2.75) is 54.0 Å². The van der Waals surface area contributed by atoms with Crippen molar-refractivity contribution in [3.05, 3.63) is 54.1 Å². The third-order valence-electron chi connectivity index (χ3n) is 6.97. The van der Waals surface area contributed by atoms with E-state index in [9.17, 15) is 0 Å². The largest absolute Gasteiger partial charge is 0.494 e. The molecular formula is C33H39NO5.